The number of halogens is 2. The first-order chi connectivity index (χ1) is 8.06. The molecule has 2 N–H and O–H groups in total. The van der Waals surface area contributed by atoms with E-state index in [1.807, 2.05) is 19.1 Å². The largest absolute Gasteiger partial charge is 0.323 e. The molecule has 90 valence electrons. The summed E-state index contributed by atoms with van der Waals surface area (Å²) in [6.07, 6.45) is 0.552. The second-order valence-electron chi connectivity index (χ2n) is 3.99. The molecule has 1 aromatic heterocycles. The molecule has 2 aromatic rings. The van der Waals surface area contributed by atoms with E-state index in [4.69, 9.17) is 17.3 Å². The molecule has 1 atom stereocenters. The van der Waals surface area contributed by atoms with Gasteiger partial charge in [-0.05, 0) is 49.2 Å². The first kappa shape index (κ1) is 12.6. The molecule has 0 saturated heterocycles. The Bertz CT molecular complexity index is 524. The Kier molecular flexibility index (Phi) is 3.82. The zero-order valence-electron chi connectivity index (χ0n) is 9.41. The van der Waals surface area contributed by atoms with Gasteiger partial charge in [-0.2, -0.15) is 0 Å². The smallest absolute Gasteiger partial charge is 0.123 e. The average Bonchev–Trinajstić information content (AvgIpc) is 2.70. The predicted molar refractivity (Wildman–Crippen MR) is 71.1 cm³/mol. The fourth-order valence-corrected chi connectivity index (χ4v) is 2.76. The number of nitrogens with two attached hydrogens (primary N) is 1. The van der Waals surface area contributed by atoms with Gasteiger partial charge in [0.1, 0.15) is 5.82 Å². The molecule has 0 bridgehead atoms. The molecule has 2 rings (SSSR count). The van der Waals surface area contributed by atoms with Crippen molar-refractivity contribution in [3.8, 4) is 0 Å². The lowest BCUT2D eigenvalue weighted by atomic mass is 10.1. The minimum atomic E-state index is -0.279. The molecule has 0 aliphatic carbocycles. The van der Waals surface area contributed by atoms with Crippen molar-refractivity contribution in [3.05, 3.63) is 56.5 Å². The third-order valence-corrected chi connectivity index (χ3v) is 4.08. The number of benzene rings is 1. The summed E-state index contributed by atoms with van der Waals surface area (Å²) in [6.45, 7) is 2.04. The van der Waals surface area contributed by atoms with Crippen LogP contribution in [0.15, 0.2) is 30.3 Å². The molecule has 0 saturated carbocycles. The third-order valence-electron chi connectivity index (χ3n) is 2.57. The Morgan fingerprint density at radius 3 is 2.76 bits per heavy atom. The van der Waals surface area contributed by atoms with E-state index < -0.39 is 0 Å². The summed E-state index contributed by atoms with van der Waals surface area (Å²) in [6, 6.07) is 8.28. The zero-order valence-corrected chi connectivity index (χ0v) is 11.0. The van der Waals surface area contributed by atoms with Crippen LogP contribution in [0.25, 0.3) is 0 Å². The van der Waals surface area contributed by atoms with E-state index in [0.29, 0.717) is 11.4 Å². The SMILES string of the molecule is Cc1ccc(C(N)Cc2cc(F)ccc2Cl)s1. The number of rotatable bonds is 3. The van der Waals surface area contributed by atoms with Crippen molar-refractivity contribution in [2.45, 2.75) is 19.4 Å². The maximum atomic E-state index is 13.1. The first-order valence-corrected chi connectivity index (χ1v) is 6.51. The Balaban J connectivity index is 2.18. The normalized spacial score (nSPS) is 12.7. The highest BCUT2D eigenvalue weighted by atomic mass is 35.5. The van der Waals surface area contributed by atoms with Crippen LogP contribution in [0.1, 0.15) is 21.4 Å². The van der Waals surface area contributed by atoms with Crippen molar-refractivity contribution >= 4 is 22.9 Å². The lowest BCUT2D eigenvalue weighted by Gasteiger charge is -2.11. The Morgan fingerprint density at radius 1 is 1.35 bits per heavy atom. The molecular formula is C13H13ClFNS. The minimum absolute atomic E-state index is 0.131. The van der Waals surface area contributed by atoms with Gasteiger partial charge in [-0.25, -0.2) is 4.39 Å². The van der Waals surface area contributed by atoms with Crippen molar-refractivity contribution in [1.29, 1.82) is 0 Å². The average molecular weight is 270 g/mol. The fraction of sp³-hybridized carbons (Fsp3) is 0.231. The summed E-state index contributed by atoms with van der Waals surface area (Å²) in [5, 5.41) is 0.565. The van der Waals surface area contributed by atoms with Crippen LogP contribution in [-0.2, 0) is 6.42 Å². The van der Waals surface area contributed by atoms with E-state index in [0.717, 1.165) is 10.4 Å². The summed E-state index contributed by atoms with van der Waals surface area (Å²) in [4.78, 5) is 2.32. The zero-order chi connectivity index (χ0) is 12.4. The van der Waals surface area contributed by atoms with Gasteiger partial charge in [0, 0.05) is 20.8 Å². The summed E-state index contributed by atoms with van der Waals surface area (Å²) in [7, 11) is 0. The Labute approximate surface area is 109 Å². The van der Waals surface area contributed by atoms with E-state index in [-0.39, 0.29) is 11.9 Å². The standard InChI is InChI=1S/C13H13ClFNS/c1-8-2-5-13(17-8)12(16)7-9-6-10(15)3-4-11(9)14/h2-6,12H,7,16H2,1H3. The van der Waals surface area contributed by atoms with Crippen LogP contribution in [0.4, 0.5) is 4.39 Å². The van der Waals surface area contributed by atoms with Crippen molar-refractivity contribution in [1.82, 2.24) is 0 Å². The quantitative estimate of drug-likeness (QED) is 0.892. The highest BCUT2D eigenvalue weighted by Crippen LogP contribution is 2.26. The Morgan fingerprint density at radius 2 is 2.12 bits per heavy atom. The lowest BCUT2D eigenvalue weighted by Crippen LogP contribution is -2.12. The molecule has 0 fully saturated rings. The lowest BCUT2D eigenvalue weighted by molar-refractivity contribution is 0.622. The molecule has 1 aromatic carbocycles. The second-order valence-corrected chi connectivity index (χ2v) is 5.72. The van der Waals surface area contributed by atoms with E-state index in [9.17, 15) is 4.39 Å². The van der Waals surface area contributed by atoms with Crippen molar-refractivity contribution in [2.24, 2.45) is 5.73 Å². The summed E-state index contributed by atoms with van der Waals surface area (Å²) < 4.78 is 13.1. The summed E-state index contributed by atoms with van der Waals surface area (Å²) >= 11 is 7.68. The third kappa shape index (κ3) is 3.06. The minimum Gasteiger partial charge on any atom is -0.323 e. The van der Waals surface area contributed by atoms with E-state index in [1.54, 1.807) is 17.4 Å². The van der Waals surface area contributed by atoms with Gasteiger partial charge in [0.05, 0.1) is 0 Å². The van der Waals surface area contributed by atoms with Crippen LogP contribution in [-0.4, -0.2) is 0 Å². The highest BCUT2D eigenvalue weighted by Gasteiger charge is 2.12. The van der Waals surface area contributed by atoms with Gasteiger partial charge in [0.25, 0.3) is 0 Å². The first-order valence-electron chi connectivity index (χ1n) is 5.32. The van der Waals surface area contributed by atoms with Crippen LogP contribution < -0.4 is 5.73 Å². The van der Waals surface area contributed by atoms with Gasteiger partial charge in [-0.1, -0.05) is 11.6 Å². The van der Waals surface area contributed by atoms with Gasteiger partial charge in [-0.3, -0.25) is 0 Å². The molecular weight excluding hydrogens is 257 g/mol. The fourth-order valence-electron chi connectivity index (χ4n) is 1.69. The Hall–Kier alpha value is -0.900. The van der Waals surface area contributed by atoms with Crippen LogP contribution >= 0.6 is 22.9 Å². The van der Waals surface area contributed by atoms with Crippen molar-refractivity contribution < 1.29 is 4.39 Å². The molecule has 0 spiro atoms. The van der Waals surface area contributed by atoms with Crippen molar-refractivity contribution in [3.63, 3.8) is 0 Å². The molecule has 0 radical (unpaired) electrons. The van der Waals surface area contributed by atoms with E-state index in [1.165, 1.54) is 17.0 Å². The summed E-state index contributed by atoms with van der Waals surface area (Å²) in [5.41, 5.74) is 6.84. The summed E-state index contributed by atoms with van der Waals surface area (Å²) in [5.74, 6) is -0.279. The number of aryl methyl sites for hydroxylation is 1. The maximum absolute atomic E-state index is 13.1. The van der Waals surface area contributed by atoms with Crippen LogP contribution in [0, 0.1) is 12.7 Å². The van der Waals surface area contributed by atoms with Gasteiger partial charge >= 0.3 is 0 Å². The van der Waals surface area contributed by atoms with E-state index >= 15 is 0 Å². The monoisotopic (exact) mass is 269 g/mol. The molecule has 1 unspecified atom stereocenters. The molecule has 1 nitrogen and oxygen atoms in total. The van der Waals surface area contributed by atoms with Gasteiger partial charge < -0.3 is 5.73 Å². The molecule has 17 heavy (non-hydrogen) atoms. The number of thiophene rings is 1. The van der Waals surface area contributed by atoms with Crippen LogP contribution in [0.2, 0.25) is 5.02 Å². The molecule has 1 heterocycles. The van der Waals surface area contributed by atoms with Crippen molar-refractivity contribution in [2.75, 3.05) is 0 Å². The van der Waals surface area contributed by atoms with Gasteiger partial charge in [0.15, 0.2) is 0 Å². The number of hydrogen-bond donors (Lipinski definition) is 1. The van der Waals surface area contributed by atoms with Crippen LogP contribution in [0.5, 0.6) is 0 Å². The molecule has 0 amide bonds. The van der Waals surface area contributed by atoms with Crippen LogP contribution in [0.3, 0.4) is 0 Å². The maximum Gasteiger partial charge on any atom is 0.123 e. The van der Waals surface area contributed by atoms with Gasteiger partial charge in [-0.15, -0.1) is 11.3 Å². The topological polar surface area (TPSA) is 26.0 Å². The molecule has 4 heteroatoms. The highest BCUT2D eigenvalue weighted by molar-refractivity contribution is 7.12. The van der Waals surface area contributed by atoms with E-state index in [2.05, 4.69) is 0 Å². The number of hydrogen-bond acceptors (Lipinski definition) is 2. The van der Waals surface area contributed by atoms with Gasteiger partial charge in [0.2, 0.25) is 0 Å². The molecule has 0 aliphatic heterocycles. The predicted octanol–water partition coefficient (Wildman–Crippen LogP) is 4.09. The second kappa shape index (κ2) is 5.17. The molecule has 0 aliphatic rings.